The molecule has 0 bridgehead atoms. The van der Waals surface area contributed by atoms with Crippen LogP contribution in [0, 0.1) is 22.7 Å². The Hall–Kier alpha value is -5.20. The normalized spacial score (nSPS) is 12.8. The van der Waals surface area contributed by atoms with Gasteiger partial charge in [-0.05, 0) is 61.4 Å². The second-order valence-corrected chi connectivity index (χ2v) is 18.2. The molecule has 10 nitrogen and oxygen atoms in total. The fraction of sp³-hybridized carbons (Fsp3) is 0.286. The third kappa shape index (κ3) is 22.3. The van der Waals surface area contributed by atoms with Crippen LogP contribution in [0.5, 0.6) is 0 Å². The maximum Gasteiger partial charge on any atom is 1.00 e. The fourth-order valence-corrected chi connectivity index (χ4v) is 6.49. The van der Waals surface area contributed by atoms with Crippen LogP contribution in [-0.2, 0) is 88.0 Å². The Kier molecular flexibility index (Phi) is 20.1. The van der Waals surface area contributed by atoms with Gasteiger partial charge in [-0.25, -0.2) is 19.9 Å². The van der Waals surface area contributed by atoms with E-state index in [4.69, 9.17) is 30.5 Å². The molecule has 0 aliphatic carbocycles. The van der Waals surface area contributed by atoms with E-state index >= 15 is 0 Å². The van der Waals surface area contributed by atoms with E-state index in [0.29, 0.717) is 0 Å². The smallest absolute Gasteiger partial charge is 1.00 e. The van der Waals surface area contributed by atoms with Gasteiger partial charge >= 0.3 is 100 Å². The minimum Gasteiger partial charge on any atom is 1.00 e. The first-order valence-corrected chi connectivity index (χ1v) is 23.6. The number of hydrogen-bond acceptors (Lipinski definition) is 6. The van der Waals surface area contributed by atoms with Crippen molar-refractivity contribution in [2.75, 3.05) is 0 Å². The molecule has 4 heterocycles. The molecule has 68 heavy (non-hydrogen) atoms. The SMILES string of the molecule is CC#N.CC#N.Cn1c(CCCc2nc3ccccc3n2C)nc2ccccc21.Cn1c(CCCc2nc3ccccc3n2C)nc2ccccc21.F[P-](F)(F)(F)(F)F.F[P-](F)(F)(F)(F)F.[Cu+].[Cu+]. The van der Waals surface area contributed by atoms with E-state index in [2.05, 4.69) is 119 Å². The minimum absolute atomic E-state index is 0. The van der Waals surface area contributed by atoms with Crippen molar-refractivity contribution in [3.05, 3.63) is 120 Å². The topological polar surface area (TPSA) is 119 Å². The van der Waals surface area contributed by atoms with Crippen LogP contribution in [-0.4, -0.2) is 38.2 Å². The number of benzene rings is 4. The summed E-state index contributed by atoms with van der Waals surface area (Å²) in [6.07, 6.45) is 5.97. The number of imidazole rings is 4. The average molecular weight is 1110 g/mol. The quantitative estimate of drug-likeness (QED) is 0.0849. The fourth-order valence-electron chi connectivity index (χ4n) is 6.49. The first kappa shape index (κ1) is 60.8. The van der Waals surface area contributed by atoms with Gasteiger partial charge in [0.2, 0.25) is 0 Å². The van der Waals surface area contributed by atoms with Crippen molar-refractivity contribution < 1.29 is 84.5 Å². The first-order valence-electron chi connectivity index (χ1n) is 19.6. The van der Waals surface area contributed by atoms with Crippen LogP contribution in [0.2, 0.25) is 0 Å². The van der Waals surface area contributed by atoms with Gasteiger partial charge in [0.1, 0.15) is 23.3 Å². The van der Waals surface area contributed by atoms with Crippen molar-refractivity contribution in [2.45, 2.75) is 52.4 Å². The number of rotatable bonds is 8. The molecule has 26 heteroatoms. The molecule has 4 aromatic heterocycles. The summed E-state index contributed by atoms with van der Waals surface area (Å²) in [7, 11) is -12.9. The van der Waals surface area contributed by atoms with Gasteiger partial charge in [0.15, 0.2) is 0 Å². The summed E-state index contributed by atoms with van der Waals surface area (Å²) in [5.74, 6) is 4.57. The van der Waals surface area contributed by atoms with Gasteiger partial charge in [-0.3, -0.25) is 0 Å². The number of aromatic nitrogens is 8. The predicted molar refractivity (Wildman–Crippen MR) is 237 cm³/mol. The monoisotopic (exact) mass is 1110 g/mol. The molecule has 4 aromatic carbocycles. The summed E-state index contributed by atoms with van der Waals surface area (Å²) in [5, 5.41) is 14.6. The zero-order valence-corrected chi connectivity index (χ0v) is 40.7. The number of nitrogens with zero attached hydrogens (tertiary/aromatic N) is 10. The minimum atomic E-state index is -10.7. The van der Waals surface area contributed by atoms with Crippen LogP contribution in [0.15, 0.2) is 97.1 Å². The van der Waals surface area contributed by atoms with E-state index in [1.54, 1.807) is 12.1 Å². The van der Waals surface area contributed by atoms with Gasteiger partial charge in [0, 0.05) is 67.7 Å². The Morgan fingerprint density at radius 1 is 0.382 bits per heavy atom. The molecule has 0 aliphatic heterocycles. The number of nitriles is 2. The zero-order chi connectivity index (χ0) is 49.9. The number of fused-ring (bicyclic) bond motifs is 4. The summed E-state index contributed by atoms with van der Waals surface area (Å²) >= 11 is 0. The van der Waals surface area contributed by atoms with E-state index in [0.717, 1.165) is 83.9 Å². The Labute approximate surface area is 404 Å². The van der Waals surface area contributed by atoms with Gasteiger partial charge in [-0.2, -0.15) is 10.5 Å². The molecule has 0 spiro atoms. The zero-order valence-electron chi connectivity index (χ0n) is 37.0. The molecule has 0 aliphatic rings. The standard InChI is InChI=1S/2C19H20N4.2C2H3N.2Cu.2F6P/c2*1-22-16-10-5-3-8-14(16)20-18(22)12-7-13-19-21-15-9-4-6-11-17(15)23(19)2;2*1-2-3;;;2*1-7(2,3,4,5)6/h2*3-6,8-11H,7,12-13H2,1-2H3;2*1H3;;;;/q;;;;2*+1;2*-1. The van der Waals surface area contributed by atoms with Crippen LogP contribution in [0.25, 0.3) is 44.1 Å². The van der Waals surface area contributed by atoms with E-state index in [1.165, 1.54) is 35.9 Å². The summed E-state index contributed by atoms with van der Waals surface area (Å²) in [6, 6.07) is 36.7. The summed E-state index contributed by atoms with van der Waals surface area (Å²) in [6.45, 7) is 2.86. The van der Waals surface area contributed by atoms with E-state index in [9.17, 15) is 50.4 Å². The molecule has 0 fully saturated rings. The van der Waals surface area contributed by atoms with Crippen molar-refractivity contribution in [1.29, 1.82) is 10.5 Å². The van der Waals surface area contributed by atoms with Gasteiger partial charge in [-0.1, -0.05) is 48.5 Å². The second kappa shape index (κ2) is 22.5. The largest absolute Gasteiger partial charge is 1.00 e. The maximum atomic E-state index is 9.87. The Bertz CT molecular complexity index is 2610. The van der Waals surface area contributed by atoms with Crippen molar-refractivity contribution in [3.8, 4) is 12.1 Å². The molecule has 0 atom stereocenters. The number of hydrogen-bond donors (Lipinski definition) is 0. The van der Waals surface area contributed by atoms with Crippen molar-refractivity contribution in [1.82, 2.24) is 38.2 Å². The number of aryl methyl sites for hydroxylation is 8. The molecule has 0 amide bonds. The summed E-state index contributed by atoms with van der Waals surface area (Å²) < 4.78 is 127. The molecule has 0 saturated carbocycles. The van der Waals surface area contributed by atoms with Crippen LogP contribution < -0.4 is 0 Å². The molecule has 0 N–H and O–H groups in total. The van der Waals surface area contributed by atoms with Crippen molar-refractivity contribution >= 4 is 59.8 Å². The van der Waals surface area contributed by atoms with Crippen LogP contribution in [0.3, 0.4) is 0 Å². The van der Waals surface area contributed by atoms with Crippen LogP contribution in [0.4, 0.5) is 50.4 Å². The second-order valence-electron chi connectivity index (χ2n) is 14.4. The Morgan fingerprint density at radius 2 is 0.529 bits per heavy atom. The maximum absolute atomic E-state index is 10.7. The Balaban J connectivity index is 0.000000481. The van der Waals surface area contributed by atoms with Gasteiger partial charge in [-0.15, -0.1) is 0 Å². The van der Waals surface area contributed by atoms with E-state index < -0.39 is 15.6 Å². The molecule has 8 aromatic rings. The van der Waals surface area contributed by atoms with Crippen molar-refractivity contribution in [2.24, 2.45) is 28.2 Å². The summed E-state index contributed by atoms with van der Waals surface area (Å²) in [5.41, 5.74) is 9.10. The number of para-hydroxylation sites is 8. The predicted octanol–water partition coefficient (Wildman–Crippen LogP) is 15.1. The van der Waals surface area contributed by atoms with E-state index in [1.807, 2.05) is 24.3 Å². The summed E-state index contributed by atoms with van der Waals surface area (Å²) in [4.78, 5) is 19.0. The molecule has 0 unspecified atom stereocenters. The Morgan fingerprint density at radius 3 is 0.676 bits per heavy atom. The van der Waals surface area contributed by atoms with Crippen molar-refractivity contribution in [3.63, 3.8) is 0 Å². The van der Waals surface area contributed by atoms with Gasteiger partial charge in [0.25, 0.3) is 0 Å². The first-order chi connectivity index (χ1) is 30.2. The van der Waals surface area contributed by atoms with Gasteiger partial charge in [0.05, 0.1) is 56.3 Å². The molecule has 0 radical (unpaired) electrons. The molecule has 0 saturated heterocycles. The number of halogens is 12. The molecular weight excluding hydrogens is 1060 g/mol. The molecule has 380 valence electrons. The third-order valence-corrected chi connectivity index (χ3v) is 9.12. The molecule has 8 rings (SSSR count). The van der Waals surface area contributed by atoms with Crippen LogP contribution in [0.1, 0.15) is 50.0 Å². The third-order valence-electron chi connectivity index (χ3n) is 9.12. The molecular formula is C42H46Cu2F12N10P2. The van der Waals surface area contributed by atoms with Crippen LogP contribution >= 0.6 is 15.6 Å². The average Bonchev–Trinajstić information content (AvgIpc) is 3.91. The van der Waals surface area contributed by atoms with E-state index in [-0.39, 0.29) is 34.1 Å². The van der Waals surface area contributed by atoms with Gasteiger partial charge < -0.3 is 18.3 Å².